The van der Waals surface area contributed by atoms with E-state index in [0.29, 0.717) is 31.7 Å². The van der Waals surface area contributed by atoms with Crippen LogP contribution in [0.2, 0.25) is 5.02 Å². The first-order valence-corrected chi connectivity index (χ1v) is 8.22. The smallest absolute Gasteiger partial charge is 0.270 e. The average molecular weight is 362 g/mol. The molecule has 0 aliphatic carbocycles. The molecule has 0 unspecified atom stereocenters. The minimum Gasteiger partial charge on any atom is -0.489 e. The maximum Gasteiger partial charge on any atom is 0.270 e. The summed E-state index contributed by atoms with van der Waals surface area (Å²) in [6.45, 7) is 1.01. The maximum absolute atomic E-state index is 12.6. The highest BCUT2D eigenvalue weighted by Crippen LogP contribution is 2.25. The Bertz CT molecular complexity index is 777. The molecule has 130 valence electrons. The second-order valence-electron chi connectivity index (χ2n) is 5.72. The number of aromatic nitrogens is 1. The van der Waals surface area contributed by atoms with Gasteiger partial charge < -0.3 is 9.64 Å². The molecule has 1 aromatic carbocycles. The van der Waals surface area contributed by atoms with Gasteiger partial charge >= 0.3 is 0 Å². The number of nitro benzene ring substituents is 1. The predicted molar refractivity (Wildman–Crippen MR) is 91.9 cm³/mol. The van der Waals surface area contributed by atoms with E-state index >= 15 is 0 Å². The van der Waals surface area contributed by atoms with Gasteiger partial charge in [-0.15, -0.1) is 0 Å². The SMILES string of the molecule is O=C(c1cc([N+](=O)[O-])ccc1Cl)N1CCC(Oc2cccnc2)CC1. The molecule has 0 N–H and O–H groups in total. The molecule has 1 saturated heterocycles. The number of benzene rings is 1. The zero-order chi connectivity index (χ0) is 17.8. The number of nitro groups is 1. The summed E-state index contributed by atoms with van der Waals surface area (Å²) >= 11 is 6.05. The number of hydrogen-bond donors (Lipinski definition) is 0. The molecule has 1 aliphatic rings. The number of amides is 1. The third-order valence-electron chi connectivity index (χ3n) is 4.06. The average Bonchev–Trinajstić information content (AvgIpc) is 2.63. The van der Waals surface area contributed by atoms with Crippen molar-refractivity contribution in [1.82, 2.24) is 9.88 Å². The normalized spacial score (nSPS) is 15.0. The zero-order valence-electron chi connectivity index (χ0n) is 13.3. The summed E-state index contributed by atoms with van der Waals surface area (Å²) in [6, 6.07) is 7.53. The van der Waals surface area contributed by atoms with Crippen LogP contribution in [0.3, 0.4) is 0 Å². The first-order valence-electron chi connectivity index (χ1n) is 7.84. The van der Waals surface area contributed by atoms with Crippen LogP contribution >= 0.6 is 11.6 Å². The molecule has 8 heteroatoms. The summed E-state index contributed by atoms with van der Waals surface area (Å²) < 4.78 is 5.85. The maximum atomic E-state index is 12.6. The van der Waals surface area contributed by atoms with E-state index in [-0.39, 0.29) is 28.3 Å². The number of rotatable bonds is 4. The van der Waals surface area contributed by atoms with Gasteiger partial charge in [0.05, 0.1) is 21.7 Å². The van der Waals surface area contributed by atoms with E-state index < -0.39 is 4.92 Å². The van der Waals surface area contributed by atoms with Gasteiger partial charge in [0.15, 0.2) is 0 Å². The van der Waals surface area contributed by atoms with Crippen LogP contribution in [-0.4, -0.2) is 39.9 Å². The fourth-order valence-electron chi connectivity index (χ4n) is 2.75. The first-order chi connectivity index (χ1) is 12.0. The van der Waals surface area contributed by atoms with Crippen LogP contribution in [0.4, 0.5) is 5.69 Å². The molecule has 2 aromatic rings. The molecule has 1 fully saturated rings. The Hall–Kier alpha value is -2.67. The molecular weight excluding hydrogens is 346 g/mol. The molecule has 2 heterocycles. The van der Waals surface area contributed by atoms with Gasteiger partial charge in [-0.2, -0.15) is 0 Å². The van der Waals surface area contributed by atoms with Crippen LogP contribution in [0.15, 0.2) is 42.7 Å². The van der Waals surface area contributed by atoms with Gasteiger partial charge in [-0.05, 0) is 18.2 Å². The van der Waals surface area contributed by atoms with E-state index in [2.05, 4.69) is 4.98 Å². The Morgan fingerprint density at radius 3 is 2.72 bits per heavy atom. The molecule has 1 aromatic heterocycles. The molecule has 1 aliphatic heterocycles. The van der Waals surface area contributed by atoms with Gasteiger partial charge in [0.2, 0.25) is 0 Å². The first kappa shape index (κ1) is 17.2. The quantitative estimate of drug-likeness (QED) is 0.616. The van der Waals surface area contributed by atoms with E-state index in [1.807, 2.05) is 6.07 Å². The Labute approximate surface area is 149 Å². The highest BCUT2D eigenvalue weighted by Gasteiger charge is 2.27. The molecule has 1 amide bonds. The third-order valence-corrected chi connectivity index (χ3v) is 4.39. The van der Waals surface area contributed by atoms with Crippen molar-refractivity contribution in [3.8, 4) is 5.75 Å². The number of non-ortho nitro benzene ring substituents is 1. The standard InChI is InChI=1S/C17H16ClN3O4/c18-16-4-3-12(21(23)24)10-15(16)17(22)20-8-5-13(6-9-20)25-14-2-1-7-19-11-14/h1-4,7,10-11,13H,5-6,8-9H2. The molecule has 3 rings (SSSR count). The topological polar surface area (TPSA) is 85.6 Å². The van der Waals surface area contributed by atoms with Crippen molar-refractivity contribution >= 4 is 23.2 Å². The van der Waals surface area contributed by atoms with Crippen molar-refractivity contribution in [3.05, 3.63) is 63.4 Å². The molecule has 7 nitrogen and oxygen atoms in total. The molecule has 0 spiro atoms. The lowest BCUT2D eigenvalue weighted by Crippen LogP contribution is -2.41. The Balaban J connectivity index is 1.64. The number of likely N-dealkylation sites (tertiary alicyclic amines) is 1. The van der Waals surface area contributed by atoms with Crippen LogP contribution in [-0.2, 0) is 0 Å². The predicted octanol–water partition coefficient (Wildman–Crippen LogP) is 3.33. The highest BCUT2D eigenvalue weighted by molar-refractivity contribution is 6.33. The minimum absolute atomic E-state index is 0.00818. The minimum atomic E-state index is -0.541. The summed E-state index contributed by atoms with van der Waals surface area (Å²) in [5.41, 5.74) is 0.00467. The molecule has 25 heavy (non-hydrogen) atoms. The molecule has 0 atom stereocenters. The third kappa shape index (κ3) is 4.06. The molecule has 0 saturated carbocycles. The van der Waals surface area contributed by atoms with E-state index in [4.69, 9.17) is 16.3 Å². The number of halogens is 1. The molecule has 0 bridgehead atoms. The van der Waals surface area contributed by atoms with Crippen molar-refractivity contribution < 1.29 is 14.5 Å². The van der Waals surface area contributed by atoms with Crippen LogP contribution in [0.5, 0.6) is 5.75 Å². The number of carbonyl (C=O) groups is 1. The summed E-state index contributed by atoms with van der Waals surface area (Å²) in [4.78, 5) is 28.6. The fourth-order valence-corrected chi connectivity index (χ4v) is 2.95. The van der Waals surface area contributed by atoms with Gasteiger partial charge in [-0.3, -0.25) is 19.9 Å². The second kappa shape index (κ2) is 7.48. The summed E-state index contributed by atoms with van der Waals surface area (Å²) in [7, 11) is 0. The number of carbonyl (C=O) groups excluding carboxylic acids is 1. The monoisotopic (exact) mass is 361 g/mol. The number of ether oxygens (including phenoxy) is 1. The Kier molecular flexibility index (Phi) is 5.14. The van der Waals surface area contributed by atoms with E-state index in [9.17, 15) is 14.9 Å². The van der Waals surface area contributed by atoms with E-state index in [1.165, 1.54) is 18.2 Å². The largest absolute Gasteiger partial charge is 0.489 e. The van der Waals surface area contributed by atoms with Gasteiger partial charge in [0.1, 0.15) is 11.9 Å². The van der Waals surface area contributed by atoms with Crippen molar-refractivity contribution in [2.24, 2.45) is 0 Å². The van der Waals surface area contributed by atoms with Crippen molar-refractivity contribution in [3.63, 3.8) is 0 Å². The van der Waals surface area contributed by atoms with E-state index in [1.54, 1.807) is 23.4 Å². The summed E-state index contributed by atoms with van der Waals surface area (Å²) in [5, 5.41) is 11.1. The number of nitrogens with zero attached hydrogens (tertiary/aromatic N) is 3. The van der Waals surface area contributed by atoms with Gasteiger partial charge in [-0.25, -0.2) is 0 Å². The fraction of sp³-hybridized carbons (Fsp3) is 0.294. The lowest BCUT2D eigenvalue weighted by Gasteiger charge is -2.32. The zero-order valence-corrected chi connectivity index (χ0v) is 14.1. The number of piperidine rings is 1. The highest BCUT2D eigenvalue weighted by atomic mass is 35.5. The second-order valence-corrected chi connectivity index (χ2v) is 6.13. The summed E-state index contributed by atoms with van der Waals surface area (Å²) in [6.07, 6.45) is 4.69. The Morgan fingerprint density at radius 1 is 1.32 bits per heavy atom. The number of hydrogen-bond acceptors (Lipinski definition) is 5. The van der Waals surface area contributed by atoms with Crippen LogP contribution in [0.1, 0.15) is 23.2 Å². The van der Waals surface area contributed by atoms with Crippen molar-refractivity contribution in [2.75, 3.05) is 13.1 Å². The van der Waals surface area contributed by atoms with E-state index in [0.717, 1.165) is 0 Å². The molecule has 0 radical (unpaired) electrons. The van der Waals surface area contributed by atoms with Crippen LogP contribution in [0.25, 0.3) is 0 Å². The molecular formula is C17H16ClN3O4. The van der Waals surface area contributed by atoms with Gasteiger partial charge in [0, 0.05) is 44.3 Å². The summed E-state index contributed by atoms with van der Waals surface area (Å²) in [5.74, 6) is 0.405. The van der Waals surface area contributed by atoms with Crippen molar-refractivity contribution in [2.45, 2.75) is 18.9 Å². The van der Waals surface area contributed by atoms with Crippen molar-refractivity contribution in [1.29, 1.82) is 0 Å². The lowest BCUT2D eigenvalue weighted by molar-refractivity contribution is -0.384. The van der Waals surface area contributed by atoms with Gasteiger partial charge in [0.25, 0.3) is 11.6 Å². The van der Waals surface area contributed by atoms with Gasteiger partial charge in [-0.1, -0.05) is 11.6 Å². The number of pyridine rings is 1. The van der Waals surface area contributed by atoms with Crippen LogP contribution < -0.4 is 4.74 Å². The lowest BCUT2D eigenvalue weighted by atomic mass is 10.1. The Morgan fingerprint density at radius 2 is 2.08 bits per heavy atom. The van der Waals surface area contributed by atoms with Crippen LogP contribution in [0, 0.1) is 10.1 Å².